The van der Waals surface area contributed by atoms with Crippen molar-refractivity contribution in [1.29, 1.82) is 0 Å². The summed E-state index contributed by atoms with van der Waals surface area (Å²) in [5.41, 5.74) is 7.04. The second-order valence-electron chi connectivity index (χ2n) is 6.05. The normalized spacial score (nSPS) is 29.1. The minimum Gasteiger partial charge on any atom is -0.388 e. The van der Waals surface area contributed by atoms with Gasteiger partial charge in [0.1, 0.15) is 18.8 Å². The van der Waals surface area contributed by atoms with Crippen molar-refractivity contribution >= 4 is 34.7 Å². The molecule has 0 bridgehead atoms. The molecular formula is C10H16N5O14P3S. The number of phosphoric acid groups is 2. The Labute approximate surface area is 187 Å². The van der Waals surface area contributed by atoms with Crippen molar-refractivity contribution in [2.24, 2.45) is 5.11 Å². The first-order chi connectivity index (χ1) is 15.0. The van der Waals surface area contributed by atoms with Crippen LogP contribution in [0.25, 0.3) is 10.4 Å². The zero-order chi connectivity index (χ0) is 25.2. The minimum absolute atomic E-state index is 0.708. The third-order valence-corrected chi connectivity index (χ3v) is 8.66. The fourth-order valence-corrected chi connectivity index (χ4v) is 6.68. The maximum Gasteiger partial charge on any atom is 0.488 e. The average Bonchev–Trinajstić information content (AvgIpc) is 2.91. The molecule has 6 atom stereocenters. The van der Waals surface area contributed by atoms with Gasteiger partial charge >= 0.3 is 28.1 Å². The third kappa shape index (κ3) is 7.08. The smallest absolute Gasteiger partial charge is 0.388 e. The predicted octanol–water partition coefficient (Wildman–Crippen LogP) is -0.271. The number of methoxy groups -OCH3 is 1. The van der Waals surface area contributed by atoms with E-state index in [2.05, 4.69) is 30.9 Å². The van der Waals surface area contributed by atoms with Crippen LogP contribution < -0.4 is 11.2 Å². The number of aliphatic hydroxyl groups excluding tert-OH is 1. The second-order valence-corrected chi connectivity index (χ2v) is 11.9. The summed E-state index contributed by atoms with van der Waals surface area (Å²) in [7, 11) is -10.2. The van der Waals surface area contributed by atoms with Gasteiger partial charge in [0.15, 0.2) is 6.23 Å². The summed E-state index contributed by atoms with van der Waals surface area (Å²) in [6.07, 6.45) is -2.51. The van der Waals surface area contributed by atoms with Crippen LogP contribution in [0.5, 0.6) is 0 Å². The summed E-state index contributed by atoms with van der Waals surface area (Å²) in [6, 6.07) is -0.782. The van der Waals surface area contributed by atoms with Crippen LogP contribution in [-0.4, -0.2) is 61.0 Å². The van der Waals surface area contributed by atoms with Crippen LogP contribution in [0.1, 0.15) is 6.23 Å². The zero-order valence-electron chi connectivity index (χ0n) is 16.0. The second kappa shape index (κ2) is 10.1. The molecule has 1 saturated heterocycles. The van der Waals surface area contributed by atoms with Gasteiger partial charge in [0, 0.05) is 24.3 Å². The molecule has 0 aliphatic carbocycles. The number of thiol groups is 1. The van der Waals surface area contributed by atoms with E-state index in [1.165, 1.54) is 0 Å². The molecule has 23 heteroatoms. The predicted molar refractivity (Wildman–Crippen MR) is 107 cm³/mol. The lowest BCUT2D eigenvalue weighted by atomic mass is 10.1. The van der Waals surface area contributed by atoms with E-state index in [1.807, 2.05) is 4.98 Å². The molecule has 1 aromatic heterocycles. The lowest BCUT2D eigenvalue weighted by Gasteiger charge is -2.31. The van der Waals surface area contributed by atoms with Gasteiger partial charge in [0.2, 0.25) is 5.79 Å². The Hall–Kier alpha value is -1.33. The first-order valence-corrected chi connectivity index (χ1v) is 13.8. The van der Waals surface area contributed by atoms with Gasteiger partial charge in [-0.1, -0.05) is 17.4 Å². The average molecular weight is 555 g/mol. The Morgan fingerprint density at radius 2 is 1.97 bits per heavy atom. The van der Waals surface area contributed by atoms with Gasteiger partial charge < -0.3 is 29.3 Å². The lowest BCUT2D eigenvalue weighted by Crippen LogP contribution is -2.47. The van der Waals surface area contributed by atoms with E-state index in [1.54, 1.807) is 0 Å². The molecular weight excluding hydrogens is 539 g/mol. The molecule has 5 N–H and O–H groups in total. The first-order valence-electron chi connectivity index (χ1n) is 8.10. The van der Waals surface area contributed by atoms with Gasteiger partial charge in [-0.25, -0.2) is 18.5 Å². The van der Waals surface area contributed by atoms with Crippen LogP contribution in [0, 0.1) is 0 Å². The molecule has 33 heavy (non-hydrogen) atoms. The van der Waals surface area contributed by atoms with E-state index in [9.17, 15) is 33.3 Å². The quantitative estimate of drug-likeness (QED) is 0.0712. The summed E-state index contributed by atoms with van der Waals surface area (Å²) >= 11 is 3.38. The lowest BCUT2D eigenvalue weighted by molar-refractivity contribution is -0.244. The van der Waals surface area contributed by atoms with E-state index >= 15 is 0 Å². The van der Waals surface area contributed by atoms with Crippen LogP contribution >= 0.6 is 34.7 Å². The summed E-state index contributed by atoms with van der Waals surface area (Å²) in [5, 5.41) is 13.9. The summed E-state index contributed by atoms with van der Waals surface area (Å²) in [6.45, 7) is -6.06. The number of aliphatic hydroxyl groups is 1. The molecule has 186 valence electrons. The van der Waals surface area contributed by atoms with Gasteiger partial charge in [0.25, 0.3) is 5.56 Å². The van der Waals surface area contributed by atoms with E-state index in [0.717, 1.165) is 19.4 Å². The fraction of sp³-hybridized carbons (Fsp3) is 0.600. The molecule has 0 aromatic carbocycles. The van der Waals surface area contributed by atoms with E-state index in [-0.39, 0.29) is 0 Å². The highest BCUT2D eigenvalue weighted by Crippen LogP contribution is 2.70. The van der Waals surface area contributed by atoms with Crippen molar-refractivity contribution in [3.8, 4) is 0 Å². The van der Waals surface area contributed by atoms with Crippen molar-refractivity contribution in [3.05, 3.63) is 43.5 Å². The topological polar surface area (TPSA) is 282 Å². The molecule has 0 amide bonds. The van der Waals surface area contributed by atoms with Gasteiger partial charge in [-0.05, 0) is 5.53 Å². The molecule has 1 aliphatic rings. The van der Waals surface area contributed by atoms with Gasteiger partial charge in [-0.3, -0.25) is 18.9 Å². The van der Waals surface area contributed by atoms with Crippen molar-refractivity contribution < 1.29 is 56.1 Å². The SMILES string of the molecule is CO[C@]1(COP(=O)(S)OP(=O)(O)OP(=O)(O)O)O[C@@H](n2ccc(=O)[nH]c2=O)[C@H](O)[C@@H]1N=[N+]=[N-]. The maximum atomic E-state index is 12.3. The Kier molecular flexibility index (Phi) is 8.55. The van der Waals surface area contributed by atoms with Crippen LogP contribution in [0.2, 0.25) is 0 Å². The standard InChI is InChI=1S/C10H16N5O14P3S/c1-25-10(4-26-32(24,33)29-31(22,23)28-30(19,20)21)7(13-14-11)6(17)8(27-10)15-3-2-5(16)12-9(15)18/h2-3,6-8,17H,4H2,1H3,(H,22,23)(H,24,33)(H,12,16,18)(H2,19,20,21)/t6-,7+,8-,10-,32?/m1/s1. The van der Waals surface area contributed by atoms with Crippen LogP contribution in [0.4, 0.5) is 0 Å². The molecule has 1 aliphatic heterocycles. The Balaban J connectivity index is 2.33. The number of hydrogen-bond acceptors (Lipinski definition) is 12. The van der Waals surface area contributed by atoms with Gasteiger partial charge in [-0.2, -0.15) is 8.62 Å². The molecule has 0 saturated carbocycles. The highest BCUT2D eigenvalue weighted by atomic mass is 32.7. The van der Waals surface area contributed by atoms with Crippen molar-refractivity contribution in [1.82, 2.24) is 9.55 Å². The third-order valence-electron chi connectivity index (χ3n) is 3.88. The van der Waals surface area contributed by atoms with Crippen LogP contribution in [0.15, 0.2) is 27.0 Å². The number of azide groups is 1. The van der Waals surface area contributed by atoms with Crippen molar-refractivity contribution in [2.45, 2.75) is 24.2 Å². The Morgan fingerprint density at radius 3 is 2.48 bits per heavy atom. The minimum atomic E-state index is -5.66. The fourth-order valence-electron chi connectivity index (χ4n) is 2.64. The molecule has 2 rings (SSSR count). The number of nitrogens with one attached hydrogen (secondary N) is 1. The Morgan fingerprint density at radius 1 is 1.33 bits per heavy atom. The van der Waals surface area contributed by atoms with Crippen LogP contribution in [-0.2, 0) is 36.3 Å². The number of aromatic amines is 1. The largest absolute Gasteiger partial charge is 0.488 e. The molecule has 2 heterocycles. The number of hydrogen-bond donors (Lipinski definition) is 6. The number of aromatic nitrogens is 2. The monoisotopic (exact) mass is 555 g/mol. The molecule has 1 aromatic rings. The van der Waals surface area contributed by atoms with E-state index < -0.39 is 64.5 Å². The maximum absolute atomic E-state index is 12.3. The highest BCUT2D eigenvalue weighted by Gasteiger charge is 2.57. The van der Waals surface area contributed by atoms with Crippen molar-refractivity contribution in [2.75, 3.05) is 13.7 Å². The number of nitrogens with zero attached hydrogens (tertiary/aromatic N) is 4. The zero-order valence-corrected chi connectivity index (χ0v) is 19.6. The van der Waals surface area contributed by atoms with Gasteiger partial charge in [-0.15, -0.1) is 0 Å². The van der Waals surface area contributed by atoms with Gasteiger partial charge in [0.05, 0.1) is 0 Å². The molecule has 19 nitrogen and oxygen atoms in total. The highest BCUT2D eigenvalue weighted by molar-refractivity contribution is 8.45. The number of H-pyrrole nitrogens is 1. The molecule has 2 unspecified atom stereocenters. The van der Waals surface area contributed by atoms with Crippen molar-refractivity contribution in [3.63, 3.8) is 0 Å². The van der Waals surface area contributed by atoms with E-state index in [4.69, 9.17) is 29.3 Å². The van der Waals surface area contributed by atoms with Crippen LogP contribution in [0.3, 0.4) is 0 Å². The summed E-state index contributed by atoms with van der Waals surface area (Å²) in [4.78, 5) is 54.2. The number of rotatable bonds is 10. The number of ether oxygens (including phenoxy) is 2. The molecule has 1 fully saturated rings. The van der Waals surface area contributed by atoms with E-state index in [0.29, 0.717) is 4.57 Å². The molecule has 0 radical (unpaired) electrons. The summed E-state index contributed by atoms with van der Waals surface area (Å²) in [5.74, 6) is -2.31. The Bertz CT molecular complexity index is 1190. The molecule has 0 spiro atoms. The first kappa shape index (κ1) is 27.9. The summed E-state index contributed by atoms with van der Waals surface area (Å²) < 4.78 is 58.2.